The van der Waals surface area contributed by atoms with Gasteiger partial charge in [0.1, 0.15) is 5.75 Å². The van der Waals surface area contributed by atoms with E-state index in [9.17, 15) is 18.0 Å². The summed E-state index contributed by atoms with van der Waals surface area (Å²) in [7, 11) is -3.67. The van der Waals surface area contributed by atoms with E-state index in [4.69, 9.17) is 15.0 Å². The monoisotopic (exact) mass is 501 g/mol. The van der Waals surface area contributed by atoms with Gasteiger partial charge in [-0.2, -0.15) is 8.42 Å². The molecule has 0 bridgehead atoms. The summed E-state index contributed by atoms with van der Waals surface area (Å²) >= 11 is 0. The number of hydrogen-bond donors (Lipinski definition) is 3. The van der Waals surface area contributed by atoms with E-state index in [1.54, 1.807) is 24.3 Å². The second-order valence-electron chi connectivity index (χ2n) is 8.60. The van der Waals surface area contributed by atoms with Crippen molar-refractivity contribution in [1.29, 1.82) is 0 Å². The number of anilines is 2. The zero-order valence-corrected chi connectivity index (χ0v) is 20.5. The van der Waals surface area contributed by atoms with E-state index >= 15 is 0 Å². The average Bonchev–Trinajstić information content (AvgIpc) is 2.82. The number of nitrogens with two attached hydrogens (primary N) is 1. The third-order valence-corrected chi connectivity index (χ3v) is 5.75. The fraction of sp³-hybridized carbons (Fsp3) is 0.360. The minimum atomic E-state index is -3.67. The van der Waals surface area contributed by atoms with E-state index < -0.39 is 21.0 Å². The van der Waals surface area contributed by atoms with Crippen molar-refractivity contribution < 1.29 is 17.7 Å². The maximum absolute atomic E-state index is 12.0. The third-order valence-electron chi connectivity index (χ3n) is 5.75. The SMILES string of the molecule is CS(=O)(=O)O.Nc1cccc(-c2c(NCCN3CCC(COc4ccccc4)CC3)c(=O)c2=O)c1. The molecular formula is C25H31N3O6S. The number of piperidine rings is 1. The van der Waals surface area contributed by atoms with Gasteiger partial charge in [-0.3, -0.25) is 14.1 Å². The fourth-order valence-corrected chi connectivity index (χ4v) is 3.98. The number of benzene rings is 2. The van der Waals surface area contributed by atoms with Crippen molar-refractivity contribution in [2.45, 2.75) is 12.8 Å². The molecule has 0 unspecified atom stereocenters. The second-order valence-corrected chi connectivity index (χ2v) is 10.1. The molecule has 0 saturated carbocycles. The van der Waals surface area contributed by atoms with Crippen molar-refractivity contribution in [3.05, 3.63) is 75.0 Å². The molecule has 0 radical (unpaired) electrons. The smallest absolute Gasteiger partial charge is 0.261 e. The first-order valence-electron chi connectivity index (χ1n) is 11.4. The van der Waals surface area contributed by atoms with Gasteiger partial charge in [0.25, 0.3) is 10.1 Å². The molecule has 1 aliphatic rings. The van der Waals surface area contributed by atoms with Crippen LogP contribution in [0.4, 0.5) is 11.4 Å². The van der Waals surface area contributed by atoms with Gasteiger partial charge < -0.3 is 20.7 Å². The summed E-state index contributed by atoms with van der Waals surface area (Å²) in [6, 6.07) is 17.0. The van der Waals surface area contributed by atoms with Crippen LogP contribution in [-0.4, -0.2) is 56.9 Å². The quantitative estimate of drug-likeness (QED) is 0.241. The van der Waals surface area contributed by atoms with Gasteiger partial charge in [0, 0.05) is 18.8 Å². The molecule has 1 heterocycles. The van der Waals surface area contributed by atoms with Crippen LogP contribution in [0, 0.1) is 5.92 Å². The zero-order chi connectivity index (χ0) is 25.4. The Balaban J connectivity index is 0.000000623. The highest BCUT2D eigenvalue weighted by Gasteiger charge is 2.23. The summed E-state index contributed by atoms with van der Waals surface area (Å²) in [6.45, 7) is 4.24. The summed E-state index contributed by atoms with van der Waals surface area (Å²) in [5, 5.41) is 3.17. The second kappa shape index (κ2) is 12.0. The lowest BCUT2D eigenvalue weighted by atomic mass is 9.97. The molecule has 0 aromatic heterocycles. The van der Waals surface area contributed by atoms with Gasteiger partial charge in [-0.15, -0.1) is 0 Å². The molecule has 3 aromatic carbocycles. The van der Waals surface area contributed by atoms with Crippen molar-refractivity contribution in [3.63, 3.8) is 0 Å². The van der Waals surface area contributed by atoms with Crippen LogP contribution in [0.1, 0.15) is 12.8 Å². The Labute approximate surface area is 205 Å². The lowest BCUT2D eigenvalue weighted by Gasteiger charge is -2.32. The van der Waals surface area contributed by atoms with Crippen LogP contribution in [0.3, 0.4) is 0 Å². The van der Waals surface area contributed by atoms with Gasteiger partial charge in [-0.1, -0.05) is 30.3 Å². The Hall–Kier alpha value is -3.21. The molecule has 4 rings (SSSR count). The van der Waals surface area contributed by atoms with Crippen LogP contribution in [-0.2, 0) is 10.1 Å². The predicted molar refractivity (Wildman–Crippen MR) is 138 cm³/mol. The molecule has 4 N–H and O–H groups in total. The molecule has 0 amide bonds. The number of para-hydroxylation sites is 1. The van der Waals surface area contributed by atoms with Gasteiger partial charge in [-0.05, 0) is 61.7 Å². The van der Waals surface area contributed by atoms with Crippen LogP contribution >= 0.6 is 0 Å². The molecule has 3 aromatic rings. The fourth-order valence-electron chi connectivity index (χ4n) is 3.98. The van der Waals surface area contributed by atoms with Crippen molar-refractivity contribution >= 4 is 21.5 Å². The summed E-state index contributed by atoms with van der Waals surface area (Å²) in [4.78, 5) is 26.4. The molecule has 0 spiro atoms. The van der Waals surface area contributed by atoms with Gasteiger partial charge in [0.2, 0.25) is 10.9 Å². The third kappa shape index (κ3) is 8.20. The van der Waals surface area contributed by atoms with E-state index in [-0.39, 0.29) is 0 Å². The van der Waals surface area contributed by atoms with E-state index in [2.05, 4.69) is 10.2 Å². The van der Waals surface area contributed by atoms with Crippen LogP contribution in [0.2, 0.25) is 0 Å². The van der Waals surface area contributed by atoms with E-state index in [1.165, 1.54) is 0 Å². The summed E-state index contributed by atoms with van der Waals surface area (Å²) in [5.41, 5.74) is 7.06. The zero-order valence-electron chi connectivity index (χ0n) is 19.6. The minimum Gasteiger partial charge on any atom is -0.493 e. The van der Waals surface area contributed by atoms with Gasteiger partial charge in [0.05, 0.1) is 24.1 Å². The lowest BCUT2D eigenvalue weighted by Crippen LogP contribution is -2.40. The topological polar surface area (TPSA) is 139 Å². The first-order chi connectivity index (χ1) is 16.6. The Bertz CT molecular complexity index is 1270. The molecule has 0 atom stereocenters. The van der Waals surface area contributed by atoms with Gasteiger partial charge in [0.15, 0.2) is 0 Å². The predicted octanol–water partition coefficient (Wildman–Crippen LogP) is 2.24. The summed E-state index contributed by atoms with van der Waals surface area (Å²) in [6.07, 6.45) is 2.91. The number of nitrogen functional groups attached to an aromatic ring is 1. The highest BCUT2D eigenvalue weighted by Crippen LogP contribution is 2.25. The Morgan fingerprint density at radius 3 is 2.34 bits per heavy atom. The molecule has 9 nitrogen and oxygen atoms in total. The number of hydrogen-bond acceptors (Lipinski definition) is 8. The number of nitrogens with zero attached hydrogens (tertiary/aromatic N) is 1. The Kier molecular flexibility index (Phi) is 9.02. The van der Waals surface area contributed by atoms with Crippen LogP contribution < -0.4 is 26.6 Å². The Morgan fingerprint density at radius 1 is 1.06 bits per heavy atom. The number of rotatable bonds is 8. The maximum atomic E-state index is 12.0. The maximum Gasteiger partial charge on any atom is 0.261 e. The highest BCUT2D eigenvalue weighted by atomic mass is 32.2. The molecule has 35 heavy (non-hydrogen) atoms. The highest BCUT2D eigenvalue weighted by molar-refractivity contribution is 7.85. The molecule has 188 valence electrons. The number of ether oxygens (including phenoxy) is 1. The molecule has 10 heteroatoms. The van der Waals surface area contributed by atoms with E-state index in [0.717, 1.165) is 44.8 Å². The summed E-state index contributed by atoms with van der Waals surface area (Å²) in [5.74, 6) is 1.49. The number of nitrogens with one attached hydrogen (secondary N) is 1. The molecule has 1 fully saturated rings. The first-order valence-corrected chi connectivity index (χ1v) is 13.2. The first kappa shape index (κ1) is 26.4. The van der Waals surface area contributed by atoms with Crippen molar-refractivity contribution in [2.24, 2.45) is 5.92 Å². The molecular weight excluding hydrogens is 470 g/mol. The average molecular weight is 502 g/mol. The van der Waals surface area contributed by atoms with E-state index in [0.29, 0.717) is 41.2 Å². The lowest BCUT2D eigenvalue weighted by molar-refractivity contribution is 0.144. The van der Waals surface area contributed by atoms with Gasteiger partial charge in [-0.25, -0.2) is 0 Å². The Morgan fingerprint density at radius 2 is 1.71 bits per heavy atom. The minimum absolute atomic E-state index is 0.414. The van der Waals surface area contributed by atoms with Gasteiger partial charge >= 0.3 is 0 Å². The largest absolute Gasteiger partial charge is 0.493 e. The molecule has 1 aliphatic heterocycles. The van der Waals surface area contributed by atoms with Crippen LogP contribution in [0.25, 0.3) is 11.1 Å². The molecule has 0 aliphatic carbocycles. The standard InChI is InChI=1S/C24H27N3O3.CH4O3S/c25-19-6-4-5-18(15-19)21-22(24(29)23(21)28)26-11-14-27-12-9-17(10-13-27)16-30-20-7-2-1-3-8-20;1-5(2,3)4/h1-8,15,17,26H,9-14,16,25H2;1H3,(H,2,3,4). The van der Waals surface area contributed by atoms with Crippen LogP contribution in [0.15, 0.2) is 64.2 Å². The normalized spacial score (nSPS) is 14.8. The van der Waals surface area contributed by atoms with Crippen molar-refractivity contribution in [3.8, 4) is 16.9 Å². The van der Waals surface area contributed by atoms with Crippen molar-refractivity contribution in [2.75, 3.05) is 50.1 Å². The van der Waals surface area contributed by atoms with Crippen LogP contribution in [0.5, 0.6) is 5.75 Å². The van der Waals surface area contributed by atoms with Crippen molar-refractivity contribution in [1.82, 2.24) is 4.90 Å². The summed E-state index contributed by atoms with van der Waals surface area (Å²) < 4.78 is 31.8. The molecule has 1 saturated heterocycles. The number of likely N-dealkylation sites (tertiary alicyclic amines) is 1. The van der Waals surface area contributed by atoms with E-state index in [1.807, 2.05) is 30.3 Å².